The molecule has 0 atom stereocenters. The second kappa shape index (κ2) is 10.4. The highest BCUT2D eigenvalue weighted by Crippen LogP contribution is 2.35. The number of hydrogen-bond donors (Lipinski definition) is 1. The van der Waals surface area contributed by atoms with Crippen LogP contribution in [-0.2, 0) is 11.8 Å². The summed E-state index contributed by atoms with van der Waals surface area (Å²) >= 11 is 0. The van der Waals surface area contributed by atoms with E-state index in [4.69, 9.17) is 0 Å². The van der Waals surface area contributed by atoms with Crippen LogP contribution in [-0.4, -0.2) is 52.7 Å². The molecule has 194 valence electrons. The van der Waals surface area contributed by atoms with Gasteiger partial charge in [-0.25, -0.2) is 0 Å². The van der Waals surface area contributed by atoms with Gasteiger partial charge in [-0.2, -0.15) is 5.10 Å². The van der Waals surface area contributed by atoms with Gasteiger partial charge >= 0.3 is 0 Å². The van der Waals surface area contributed by atoms with Gasteiger partial charge in [-0.15, -0.1) is 0 Å². The third kappa shape index (κ3) is 5.55. The Bertz CT molecular complexity index is 1270. The summed E-state index contributed by atoms with van der Waals surface area (Å²) in [6.07, 6.45) is 7.68. The molecule has 2 aliphatic rings. The Labute approximate surface area is 219 Å². The van der Waals surface area contributed by atoms with Gasteiger partial charge in [0.05, 0.1) is 17.6 Å². The minimum absolute atomic E-state index is 0.0334. The van der Waals surface area contributed by atoms with E-state index in [0.29, 0.717) is 11.5 Å². The van der Waals surface area contributed by atoms with Gasteiger partial charge in [-0.1, -0.05) is 24.3 Å². The number of benzene rings is 2. The molecule has 2 amide bonds. The quantitative estimate of drug-likeness (QED) is 0.479. The van der Waals surface area contributed by atoms with Crippen LogP contribution in [0.4, 0.5) is 11.4 Å². The fourth-order valence-electron chi connectivity index (χ4n) is 5.05. The van der Waals surface area contributed by atoms with E-state index in [-0.39, 0.29) is 23.8 Å². The molecule has 2 aromatic carbocycles. The molecular weight excluding hydrogens is 462 g/mol. The summed E-state index contributed by atoms with van der Waals surface area (Å²) in [6.45, 7) is 5.68. The van der Waals surface area contributed by atoms with Crippen LogP contribution in [0.1, 0.15) is 61.4 Å². The molecular formula is C30H37N5O2. The van der Waals surface area contributed by atoms with Crippen molar-refractivity contribution in [3.63, 3.8) is 0 Å². The zero-order valence-electron chi connectivity index (χ0n) is 22.3. The Morgan fingerprint density at radius 3 is 2.30 bits per heavy atom. The van der Waals surface area contributed by atoms with Crippen molar-refractivity contribution >= 4 is 23.2 Å². The van der Waals surface area contributed by atoms with Crippen molar-refractivity contribution in [3.05, 3.63) is 66.0 Å². The highest BCUT2D eigenvalue weighted by atomic mass is 16.2. The summed E-state index contributed by atoms with van der Waals surface area (Å²) in [5.41, 5.74) is 5.90. The number of carbonyl (C=O) groups excluding carboxylic acids is 2. The standard InChI is InChI=1S/C30H37N5O2/c1-20(2)34(4)28-12-11-25(17-27(28)32-29(36)24-9-10-24)30(37)35-15-13-23(14-16-35)21-5-7-22(8-6-21)26-18-31-33(3)19-26/h5-8,11-12,17-20,23-24H,9-10,13-16H2,1-4H3,(H,32,36). The maximum atomic E-state index is 13.4. The number of carbonyl (C=O) groups is 2. The topological polar surface area (TPSA) is 70.5 Å². The summed E-state index contributed by atoms with van der Waals surface area (Å²) in [5, 5.41) is 7.36. The molecule has 5 rings (SSSR count). The molecule has 1 aromatic heterocycles. The van der Waals surface area contributed by atoms with Gasteiger partial charge < -0.3 is 15.1 Å². The smallest absolute Gasteiger partial charge is 0.253 e. The molecule has 3 aromatic rings. The number of likely N-dealkylation sites (tertiary alicyclic amines) is 1. The molecule has 0 bridgehead atoms. The number of amides is 2. The molecule has 0 spiro atoms. The van der Waals surface area contributed by atoms with E-state index < -0.39 is 0 Å². The van der Waals surface area contributed by atoms with Gasteiger partial charge in [0.15, 0.2) is 0 Å². The molecule has 2 fully saturated rings. The average Bonchev–Trinajstić information content (AvgIpc) is 3.68. The predicted molar refractivity (Wildman–Crippen MR) is 148 cm³/mol. The molecule has 1 N–H and O–H groups in total. The van der Waals surface area contributed by atoms with Crippen molar-refractivity contribution in [3.8, 4) is 11.1 Å². The second-order valence-electron chi connectivity index (χ2n) is 10.8. The number of nitrogens with one attached hydrogen (secondary N) is 1. The Kier molecular flexibility index (Phi) is 7.04. The molecule has 1 saturated heterocycles. The van der Waals surface area contributed by atoms with Crippen LogP contribution in [0.5, 0.6) is 0 Å². The van der Waals surface area contributed by atoms with Crippen LogP contribution < -0.4 is 10.2 Å². The predicted octanol–water partition coefficient (Wildman–Crippen LogP) is 5.30. The first-order valence-corrected chi connectivity index (χ1v) is 13.4. The largest absolute Gasteiger partial charge is 0.370 e. The van der Waals surface area contributed by atoms with Crippen LogP contribution in [0.25, 0.3) is 11.1 Å². The van der Waals surface area contributed by atoms with Crippen LogP contribution in [0.3, 0.4) is 0 Å². The van der Waals surface area contributed by atoms with E-state index in [2.05, 4.69) is 53.4 Å². The minimum Gasteiger partial charge on any atom is -0.370 e. The second-order valence-corrected chi connectivity index (χ2v) is 10.8. The Hall–Kier alpha value is -3.61. The molecule has 0 unspecified atom stereocenters. The van der Waals surface area contributed by atoms with Gasteiger partial charge in [0.1, 0.15) is 0 Å². The molecule has 7 heteroatoms. The van der Waals surface area contributed by atoms with Crippen molar-refractivity contribution in [2.24, 2.45) is 13.0 Å². The van der Waals surface area contributed by atoms with E-state index >= 15 is 0 Å². The van der Waals surface area contributed by atoms with E-state index in [1.807, 2.05) is 54.3 Å². The molecule has 1 aliphatic heterocycles. The maximum Gasteiger partial charge on any atom is 0.253 e. The number of nitrogens with zero attached hydrogens (tertiary/aromatic N) is 4. The number of rotatable bonds is 7. The zero-order valence-corrected chi connectivity index (χ0v) is 22.3. The van der Waals surface area contributed by atoms with Gasteiger partial charge in [0.25, 0.3) is 5.91 Å². The summed E-state index contributed by atoms with van der Waals surface area (Å²) < 4.78 is 1.82. The van der Waals surface area contributed by atoms with Crippen LogP contribution >= 0.6 is 0 Å². The molecule has 2 heterocycles. The number of aromatic nitrogens is 2. The maximum absolute atomic E-state index is 13.4. The summed E-state index contributed by atoms with van der Waals surface area (Å²) in [6, 6.07) is 14.7. The van der Waals surface area contributed by atoms with Crippen molar-refractivity contribution in [1.29, 1.82) is 0 Å². The third-order valence-electron chi connectivity index (χ3n) is 7.81. The fourth-order valence-corrected chi connectivity index (χ4v) is 5.05. The van der Waals surface area contributed by atoms with Crippen molar-refractivity contribution in [1.82, 2.24) is 14.7 Å². The molecule has 1 saturated carbocycles. The van der Waals surface area contributed by atoms with Crippen LogP contribution in [0.15, 0.2) is 54.9 Å². The van der Waals surface area contributed by atoms with Crippen LogP contribution in [0, 0.1) is 5.92 Å². The Balaban J connectivity index is 1.25. The first-order valence-electron chi connectivity index (χ1n) is 13.4. The minimum atomic E-state index is 0.0334. The number of hydrogen-bond acceptors (Lipinski definition) is 4. The van der Waals surface area contributed by atoms with E-state index in [9.17, 15) is 9.59 Å². The van der Waals surface area contributed by atoms with E-state index in [0.717, 1.165) is 55.7 Å². The summed E-state index contributed by atoms with van der Waals surface area (Å²) in [4.78, 5) is 30.1. The lowest BCUT2D eigenvalue weighted by molar-refractivity contribution is -0.117. The van der Waals surface area contributed by atoms with Gasteiger partial charge in [0, 0.05) is 56.5 Å². The van der Waals surface area contributed by atoms with Crippen molar-refractivity contribution in [2.45, 2.75) is 51.5 Å². The fraction of sp³-hybridized carbons (Fsp3) is 0.433. The Morgan fingerprint density at radius 1 is 1.00 bits per heavy atom. The van der Waals surface area contributed by atoms with Gasteiger partial charge in [-0.05, 0) is 74.8 Å². The normalized spacial score (nSPS) is 16.2. The molecule has 37 heavy (non-hydrogen) atoms. The lowest BCUT2D eigenvalue weighted by Crippen LogP contribution is -2.38. The highest BCUT2D eigenvalue weighted by Gasteiger charge is 2.31. The number of aryl methyl sites for hydroxylation is 1. The average molecular weight is 500 g/mol. The van der Waals surface area contributed by atoms with E-state index in [1.54, 1.807) is 0 Å². The number of anilines is 2. The van der Waals surface area contributed by atoms with Gasteiger partial charge in [-0.3, -0.25) is 14.3 Å². The monoisotopic (exact) mass is 499 g/mol. The molecule has 0 radical (unpaired) electrons. The summed E-state index contributed by atoms with van der Waals surface area (Å²) in [7, 11) is 3.94. The third-order valence-corrected chi connectivity index (χ3v) is 7.81. The van der Waals surface area contributed by atoms with Crippen LogP contribution in [0.2, 0.25) is 0 Å². The molecule has 7 nitrogen and oxygen atoms in total. The van der Waals surface area contributed by atoms with E-state index in [1.165, 1.54) is 11.1 Å². The lowest BCUT2D eigenvalue weighted by atomic mass is 9.88. The zero-order chi connectivity index (χ0) is 26.1. The van der Waals surface area contributed by atoms with Crippen molar-refractivity contribution < 1.29 is 9.59 Å². The Morgan fingerprint density at radius 2 is 1.70 bits per heavy atom. The molecule has 1 aliphatic carbocycles. The van der Waals surface area contributed by atoms with Crippen molar-refractivity contribution in [2.75, 3.05) is 30.4 Å². The number of piperidine rings is 1. The first kappa shape index (κ1) is 25.1. The highest BCUT2D eigenvalue weighted by molar-refractivity contribution is 6.01. The van der Waals surface area contributed by atoms with Gasteiger partial charge in [0.2, 0.25) is 5.91 Å². The lowest BCUT2D eigenvalue weighted by Gasteiger charge is -2.33. The first-order chi connectivity index (χ1) is 17.8. The summed E-state index contributed by atoms with van der Waals surface area (Å²) in [5.74, 6) is 0.640. The SMILES string of the molecule is CC(C)N(C)c1ccc(C(=O)N2CCC(c3ccc(-c4cnn(C)c4)cc3)CC2)cc1NC(=O)C1CC1.